The summed E-state index contributed by atoms with van der Waals surface area (Å²) in [6.07, 6.45) is 3.32. The number of aromatic nitrogens is 1. The van der Waals surface area contributed by atoms with Crippen molar-refractivity contribution in [2.45, 2.75) is 56.1 Å². The molecular formula is C15H24N2O5S. The Bertz CT molecular complexity index is 642. The van der Waals surface area contributed by atoms with Crippen molar-refractivity contribution >= 4 is 10.0 Å². The summed E-state index contributed by atoms with van der Waals surface area (Å²) in [6.45, 7) is 4.86. The van der Waals surface area contributed by atoms with Gasteiger partial charge in [0.05, 0.1) is 11.7 Å². The van der Waals surface area contributed by atoms with Gasteiger partial charge in [-0.25, -0.2) is 8.42 Å². The van der Waals surface area contributed by atoms with Crippen molar-refractivity contribution < 1.29 is 22.4 Å². The first kappa shape index (κ1) is 16.9. The predicted molar refractivity (Wildman–Crippen MR) is 82.7 cm³/mol. The Kier molecular flexibility index (Phi) is 4.52. The first-order valence-electron chi connectivity index (χ1n) is 7.98. The van der Waals surface area contributed by atoms with Crippen molar-refractivity contribution in [1.82, 2.24) is 9.46 Å². The molecule has 8 heteroatoms. The van der Waals surface area contributed by atoms with E-state index in [0.29, 0.717) is 44.0 Å². The number of methoxy groups -OCH3 is 1. The zero-order valence-electron chi connectivity index (χ0n) is 13.9. The van der Waals surface area contributed by atoms with Crippen LogP contribution in [0.4, 0.5) is 0 Å². The highest BCUT2D eigenvalue weighted by Crippen LogP contribution is 2.37. The minimum Gasteiger partial charge on any atom is -0.381 e. The van der Waals surface area contributed by atoms with Crippen LogP contribution in [0.1, 0.15) is 37.1 Å². The lowest BCUT2D eigenvalue weighted by atomic mass is 9.84. The molecular weight excluding hydrogens is 320 g/mol. The Morgan fingerprint density at radius 2 is 2.00 bits per heavy atom. The van der Waals surface area contributed by atoms with Crippen LogP contribution in [0.25, 0.3) is 0 Å². The third-order valence-electron chi connectivity index (χ3n) is 4.98. The van der Waals surface area contributed by atoms with Crippen LogP contribution in [0.15, 0.2) is 9.42 Å². The van der Waals surface area contributed by atoms with Crippen LogP contribution in [0.3, 0.4) is 0 Å². The first-order valence-corrected chi connectivity index (χ1v) is 9.42. The summed E-state index contributed by atoms with van der Waals surface area (Å²) in [6, 6.07) is 0. The van der Waals surface area contributed by atoms with E-state index in [1.54, 1.807) is 21.0 Å². The molecule has 0 saturated carbocycles. The third kappa shape index (κ3) is 3.05. The van der Waals surface area contributed by atoms with E-state index in [1.807, 2.05) is 0 Å². The monoisotopic (exact) mass is 344 g/mol. The molecule has 0 aliphatic carbocycles. The summed E-state index contributed by atoms with van der Waals surface area (Å²) in [5.74, 6) is 0.344. The van der Waals surface area contributed by atoms with Crippen molar-refractivity contribution in [3.63, 3.8) is 0 Å². The van der Waals surface area contributed by atoms with Gasteiger partial charge in [0.15, 0.2) is 5.76 Å². The summed E-state index contributed by atoms with van der Waals surface area (Å²) in [7, 11) is -1.84. The Hall–Kier alpha value is -0.960. The molecule has 2 saturated heterocycles. The lowest BCUT2D eigenvalue weighted by Crippen LogP contribution is -2.51. The molecule has 3 heterocycles. The SMILES string of the molecule is COC1CCOC2(CCN(S(=O)(=O)c3c(C)noc3C)CC2)C1. The van der Waals surface area contributed by atoms with E-state index < -0.39 is 10.0 Å². The molecule has 3 rings (SSSR count). The topological polar surface area (TPSA) is 81.9 Å². The maximum atomic E-state index is 12.8. The van der Waals surface area contributed by atoms with Gasteiger partial charge in [0.25, 0.3) is 0 Å². The van der Waals surface area contributed by atoms with Gasteiger partial charge in [-0.1, -0.05) is 5.16 Å². The number of nitrogens with zero attached hydrogens (tertiary/aromatic N) is 2. The summed E-state index contributed by atoms with van der Waals surface area (Å²) in [5, 5.41) is 3.76. The van der Waals surface area contributed by atoms with Crippen molar-refractivity contribution in [3.8, 4) is 0 Å². The second kappa shape index (κ2) is 6.16. The highest BCUT2D eigenvalue weighted by Gasteiger charge is 2.43. The summed E-state index contributed by atoms with van der Waals surface area (Å²) in [4.78, 5) is 0.202. The second-order valence-electron chi connectivity index (χ2n) is 6.44. The molecule has 1 aromatic rings. The van der Waals surface area contributed by atoms with Crippen LogP contribution in [0, 0.1) is 13.8 Å². The summed E-state index contributed by atoms with van der Waals surface area (Å²) >= 11 is 0. The molecule has 7 nitrogen and oxygen atoms in total. The third-order valence-corrected chi connectivity index (χ3v) is 7.12. The molecule has 23 heavy (non-hydrogen) atoms. The molecule has 1 unspecified atom stereocenters. The van der Waals surface area contributed by atoms with E-state index in [1.165, 1.54) is 4.31 Å². The van der Waals surface area contributed by atoms with Crippen molar-refractivity contribution in [3.05, 3.63) is 11.5 Å². The van der Waals surface area contributed by atoms with Crippen molar-refractivity contribution in [1.29, 1.82) is 0 Å². The van der Waals surface area contributed by atoms with Crippen LogP contribution >= 0.6 is 0 Å². The molecule has 1 spiro atoms. The highest BCUT2D eigenvalue weighted by atomic mass is 32.2. The molecule has 2 fully saturated rings. The minimum atomic E-state index is -3.56. The zero-order chi connectivity index (χ0) is 16.7. The Morgan fingerprint density at radius 3 is 2.57 bits per heavy atom. The van der Waals surface area contributed by atoms with E-state index in [0.717, 1.165) is 12.8 Å². The lowest BCUT2D eigenvalue weighted by Gasteiger charge is -2.45. The van der Waals surface area contributed by atoms with Gasteiger partial charge in [0.2, 0.25) is 10.0 Å². The number of ether oxygens (including phenoxy) is 2. The normalized spacial score (nSPS) is 25.8. The van der Waals surface area contributed by atoms with Gasteiger partial charge in [-0.2, -0.15) is 4.31 Å². The summed E-state index contributed by atoms with van der Waals surface area (Å²) < 4.78 is 43.7. The maximum Gasteiger partial charge on any atom is 0.248 e. The number of aryl methyl sites for hydroxylation is 2. The van der Waals surface area contributed by atoms with Gasteiger partial charge in [0, 0.05) is 33.2 Å². The van der Waals surface area contributed by atoms with Crippen molar-refractivity contribution in [2.75, 3.05) is 26.8 Å². The fraction of sp³-hybridized carbons (Fsp3) is 0.800. The average molecular weight is 344 g/mol. The predicted octanol–water partition coefficient (Wildman–Crippen LogP) is 1.64. The molecule has 0 radical (unpaired) electrons. The van der Waals surface area contributed by atoms with Gasteiger partial charge in [-0.15, -0.1) is 0 Å². The number of rotatable bonds is 3. The number of hydrogen-bond acceptors (Lipinski definition) is 6. The van der Waals surface area contributed by atoms with Crippen LogP contribution in [0.2, 0.25) is 0 Å². The van der Waals surface area contributed by atoms with Gasteiger partial charge in [-0.3, -0.25) is 0 Å². The molecule has 0 bridgehead atoms. The lowest BCUT2D eigenvalue weighted by molar-refractivity contribution is -0.144. The molecule has 0 amide bonds. The highest BCUT2D eigenvalue weighted by molar-refractivity contribution is 7.89. The number of piperidine rings is 1. The van der Waals surface area contributed by atoms with Crippen LogP contribution in [-0.4, -0.2) is 56.4 Å². The smallest absolute Gasteiger partial charge is 0.248 e. The molecule has 0 N–H and O–H groups in total. The molecule has 1 aromatic heterocycles. The Morgan fingerprint density at radius 1 is 1.30 bits per heavy atom. The van der Waals surface area contributed by atoms with E-state index >= 15 is 0 Å². The molecule has 2 aliphatic heterocycles. The van der Waals surface area contributed by atoms with E-state index in [-0.39, 0.29) is 16.6 Å². The van der Waals surface area contributed by atoms with Crippen LogP contribution in [-0.2, 0) is 19.5 Å². The van der Waals surface area contributed by atoms with E-state index in [2.05, 4.69) is 5.16 Å². The zero-order valence-corrected chi connectivity index (χ0v) is 14.7. The van der Waals surface area contributed by atoms with Gasteiger partial charge in [0.1, 0.15) is 10.6 Å². The molecule has 2 aliphatic rings. The standard InChI is InChI=1S/C15H24N2O5S/c1-11-14(12(2)22-16-11)23(18,19)17-7-5-15(6-8-17)10-13(20-3)4-9-21-15/h13H,4-10H2,1-3H3. The first-order chi connectivity index (χ1) is 10.9. The van der Waals surface area contributed by atoms with Crippen LogP contribution < -0.4 is 0 Å². The van der Waals surface area contributed by atoms with Crippen LogP contribution in [0.5, 0.6) is 0 Å². The average Bonchev–Trinajstić information content (AvgIpc) is 2.87. The minimum absolute atomic E-state index is 0.202. The number of hydrogen-bond donors (Lipinski definition) is 0. The van der Waals surface area contributed by atoms with Crippen molar-refractivity contribution in [2.24, 2.45) is 0 Å². The van der Waals surface area contributed by atoms with Gasteiger partial charge < -0.3 is 14.0 Å². The fourth-order valence-corrected chi connectivity index (χ4v) is 5.37. The summed E-state index contributed by atoms with van der Waals surface area (Å²) in [5.41, 5.74) is 0.167. The van der Waals surface area contributed by atoms with E-state index in [9.17, 15) is 8.42 Å². The van der Waals surface area contributed by atoms with E-state index in [4.69, 9.17) is 14.0 Å². The Balaban J connectivity index is 1.74. The second-order valence-corrected chi connectivity index (χ2v) is 8.31. The largest absolute Gasteiger partial charge is 0.381 e. The molecule has 130 valence electrons. The van der Waals surface area contributed by atoms with Gasteiger partial charge in [-0.05, 0) is 33.1 Å². The molecule has 1 atom stereocenters. The number of sulfonamides is 1. The quantitative estimate of drug-likeness (QED) is 0.829. The molecule has 0 aromatic carbocycles. The Labute approximate surface area is 137 Å². The van der Waals surface area contributed by atoms with Gasteiger partial charge >= 0.3 is 0 Å². The fourth-order valence-electron chi connectivity index (χ4n) is 3.64. The maximum absolute atomic E-state index is 12.8.